The Bertz CT molecular complexity index is 460. The number of hydrogen-bond acceptors (Lipinski definition) is 4. The molecule has 4 heteroatoms. The molecular formula is C17H25NOS2. The van der Waals surface area contributed by atoms with Crippen molar-refractivity contribution in [2.75, 3.05) is 30.4 Å². The average Bonchev–Trinajstić information content (AvgIpc) is 2.56. The van der Waals surface area contributed by atoms with Crippen LogP contribution in [0.15, 0.2) is 18.2 Å². The molecule has 0 amide bonds. The van der Waals surface area contributed by atoms with Gasteiger partial charge in [-0.05, 0) is 31.4 Å². The zero-order valence-corrected chi connectivity index (χ0v) is 14.4. The fourth-order valence-corrected chi connectivity index (χ4v) is 5.96. The Morgan fingerprint density at radius 2 is 2.33 bits per heavy atom. The second-order valence-corrected chi connectivity index (χ2v) is 8.20. The van der Waals surface area contributed by atoms with Crippen molar-refractivity contribution >= 4 is 23.5 Å². The largest absolute Gasteiger partial charge is 0.493 e. The van der Waals surface area contributed by atoms with Gasteiger partial charge in [0.05, 0.1) is 6.61 Å². The molecule has 0 aliphatic carbocycles. The van der Waals surface area contributed by atoms with Gasteiger partial charge in [0, 0.05) is 34.1 Å². The van der Waals surface area contributed by atoms with Gasteiger partial charge in [-0.1, -0.05) is 25.1 Å². The highest BCUT2D eigenvalue weighted by Gasteiger charge is 2.29. The summed E-state index contributed by atoms with van der Waals surface area (Å²) < 4.78 is 6.05. The zero-order chi connectivity index (χ0) is 14.5. The van der Waals surface area contributed by atoms with E-state index in [1.54, 1.807) is 0 Å². The van der Waals surface area contributed by atoms with E-state index < -0.39 is 0 Å². The highest BCUT2D eigenvalue weighted by Crippen LogP contribution is 2.39. The van der Waals surface area contributed by atoms with Crippen molar-refractivity contribution in [2.24, 2.45) is 0 Å². The monoisotopic (exact) mass is 323 g/mol. The molecular weight excluding hydrogens is 298 g/mol. The predicted molar refractivity (Wildman–Crippen MR) is 94.9 cm³/mol. The fraction of sp³-hybridized carbons (Fsp3) is 0.647. The normalized spacial score (nSPS) is 23.2. The Labute approximate surface area is 136 Å². The van der Waals surface area contributed by atoms with Crippen LogP contribution >= 0.6 is 23.5 Å². The van der Waals surface area contributed by atoms with Crippen LogP contribution in [0.2, 0.25) is 0 Å². The van der Waals surface area contributed by atoms with Crippen LogP contribution < -0.4 is 10.1 Å². The highest BCUT2D eigenvalue weighted by atomic mass is 32.2. The molecule has 1 aromatic rings. The molecule has 2 aliphatic rings. The van der Waals surface area contributed by atoms with Crippen molar-refractivity contribution in [3.05, 3.63) is 29.3 Å². The molecule has 0 saturated carbocycles. The Hall–Kier alpha value is -0.320. The summed E-state index contributed by atoms with van der Waals surface area (Å²) in [6, 6.07) is 7.15. The zero-order valence-electron chi connectivity index (χ0n) is 12.8. The van der Waals surface area contributed by atoms with Crippen LogP contribution in [-0.4, -0.2) is 35.7 Å². The molecule has 2 atom stereocenters. The SMILES string of the molecule is CCCNC(c1cccc2c1OCCC2)C1CSCCS1. The molecule has 116 valence electrons. The molecule has 2 nitrogen and oxygen atoms in total. The quantitative estimate of drug-likeness (QED) is 0.887. The number of hydrogen-bond donors (Lipinski definition) is 1. The van der Waals surface area contributed by atoms with Crippen LogP contribution in [0.1, 0.15) is 36.9 Å². The summed E-state index contributed by atoms with van der Waals surface area (Å²) in [4.78, 5) is 0. The minimum atomic E-state index is 0.427. The molecule has 0 aromatic heterocycles. The second kappa shape index (κ2) is 7.80. The maximum atomic E-state index is 6.05. The van der Waals surface area contributed by atoms with Crippen molar-refractivity contribution < 1.29 is 4.74 Å². The molecule has 2 unspecified atom stereocenters. The van der Waals surface area contributed by atoms with E-state index in [0.29, 0.717) is 11.3 Å². The minimum Gasteiger partial charge on any atom is -0.493 e. The Balaban J connectivity index is 1.87. The maximum Gasteiger partial charge on any atom is 0.127 e. The lowest BCUT2D eigenvalue weighted by Gasteiger charge is -2.33. The number of fused-ring (bicyclic) bond motifs is 1. The Kier molecular flexibility index (Phi) is 5.78. The summed E-state index contributed by atoms with van der Waals surface area (Å²) in [6.45, 7) is 4.19. The Morgan fingerprint density at radius 1 is 1.38 bits per heavy atom. The van der Waals surface area contributed by atoms with E-state index in [1.807, 2.05) is 0 Å². The lowest BCUT2D eigenvalue weighted by Crippen LogP contribution is -2.34. The van der Waals surface area contributed by atoms with Gasteiger partial charge in [-0.15, -0.1) is 0 Å². The van der Waals surface area contributed by atoms with Gasteiger partial charge in [-0.3, -0.25) is 0 Å². The molecule has 1 fully saturated rings. The number of aryl methyl sites for hydroxylation is 1. The highest BCUT2D eigenvalue weighted by molar-refractivity contribution is 8.06. The Morgan fingerprint density at radius 3 is 3.14 bits per heavy atom. The third kappa shape index (κ3) is 3.72. The van der Waals surface area contributed by atoms with Gasteiger partial charge >= 0.3 is 0 Å². The molecule has 21 heavy (non-hydrogen) atoms. The number of nitrogens with one attached hydrogen (secondary N) is 1. The van der Waals surface area contributed by atoms with Crippen LogP contribution in [0.4, 0.5) is 0 Å². The van der Waals surface area contributed by atoms with Crippen molar-refractivity contribution in [3.63, 3.8) is 0 Å². The fourth-order valence-electron chi connectivity index (χ4n) is 3.10. The molecule has 2 aliphatic heterocycles. The topological polar surface area (TPSA) is 21.3 Å². The van der Waals surface area contributed by atoms with E-state index in [1.165, 1.54) is 40.6 Å². The molecule has 0 bridgehead atoms. The molecule has 1 aromatic carbocycles. The van der Waals surface area contributed by atoms with E-state index in [4.69, 9.17) is 4.74 Å². The van der Waals surface area contributed by atoms with Gasteiger partial charge in [-0.2, -0.15) is 23.5 Å². The van der Waals surface area contributed by atoms with Gasteiger partial charge < -0.3 is 10.1 Å². The van der Waals surface area contributed by atoms with Gasteiger partial charge in [0.2, 0.25) is 0 Å². The van der Waals surface area contributed by atoms with Crippen LogP contribution in [0, 0.1) is 0 Å². The lowest BCUT2D eigenvalue weighted by atomic mass is 9.96. The summed E-state index contributed by atoms with van der Waals surface area (Å²) in [5, 5.41) is 4.45. The second-order valence-electron chi connectivity index (χ2n) is 5.70. The van der Waals surface area contributed by atoms with E-state index in [2.05, 4.69) is 54.0 Å². The van der Waals surface area contributed by atoms with Crippen molar-refractivity contribution in [3.8, 4) is 5.75 Å². The van der Waals surface area contributed by atoms with Crippen molar-refractivity contribution in [2.45, 2.75) is 37.5 Å². The predicted octanol–water partition coefficient (Wildman–Crippen LogP) is 3.90. The van der Waals surface area contributed by atoms with Crippen LogP contribution in [0.3, 0.4) is 0 Å². The van der Waals surface area contributed by atoms with Crippen molar-refractivity contribution in [1.29, 1.82) is 0 Å². The smallest absolute Gasteiger partial charge is 0.127 e. The van der Waals surface area contributed by atoms with E-state index >= 15 is 0 Å². The number of thioether (sulfide) groups is 2. The number of ether oxygens (including phenoxy) is 1. The van der Waals surface area contributed by atoms with Crippen molar-refractivity contribution in [1.82, 2.24) is 5.32 Å². The number of benzene rings is 1. The van der Waals surface area contributed by atoms with Gasteiger partial charge in [0.15, 0.2) is 0 Å². The van der Waals surface area contributed by atoms with E-state index in [-0.39, 0.29) is 0 Å². The summed E-state index contributed by atoms with van der Waals surface area (Å²) in [6.07, 6.45) is 3.49. The number of rotatable bonds is 5. The minimum absolute atomic E-state index is 0.427. The van der Waals surface area contributed by atoms with Gasteiger partial charge in [0.25, 0.3) is 0 Å². The van der Waals surface area contributed by atoms with Crippen LogP contribution in [0.25, 0.3) is 0 Å². The first-order valence-electron chi connectivity index (χ1n) is 8.07. The van der Waals surface area contributed by atoms with Gasteiger partial charge in [-0.25, -0.2) is 0 Å². The first-order valence-corrected chi connectivity index (χ1v) is 10.3. The maximum absolute atomic E-state index is 6.05. The third-order valence-corrected chi connectivity index (χ3v) is 6.99. The molecule has 0 radical (unpaired) electrons. The molecule has 1 N–H and O–H groups in total. The van der Waals surface area contributed by atoms with E-state index in [0.717, 1.165) is 26.0 Å². The molecule has 3 rings (SSSR count). The summed E-state index contributed by atoms with van der Waals surface area (Å²) in [5.41, 5.74) is 2.79. The lowest BCUT2D eigenvalue weighted by molar-refractivity contribution is 0.281. The summed E-state index contributed by atoms with van der Waals surface area (Å²) in [7, 11) is 0. The van der Waals surface area contributed by atoms with Gasteiger partial charge in [0.1, 0.15) is 5.75 Å². The summed E-state index contributed by atoms with van der Waals surface area (Å²) >= 11 is 4.22. The van der Waals surface area contributed by atoms with Crippen LogP contribution in [-0.2, 0) is 6.42 Å². The number of para-hydroxylation sites is 1. The average molecular weight is 324 g/mol. The van der Waals surface area contributed by atoms with E-state index in [9.17, 15) is 0 Å². The third-order valence-electron chi connectivity index (χ3n) is 4.13. The first-order chi connectivity index (χ1) is 10.4. The molecule has 1 saturated heterocycles. The van der Waals surface area contributed by atoms with Crippen LogP contribution in [0.5, 0.6) is 5.75 Å². The standard InChI is InChI=1S/C17H25NOS2/c1-2-8-18-16(15-12-20-10-11-21-15)14-7-3-5-13-6-4-9-19-17(13)14/h3,5,7,15-16,18H,2,4,6,8-12H2,1H3. The molecule has 0 spiro atoms. The summed E-state index contributed by atoms with van der Waals surface area (Å²) in [5.74, 6) is 4.99. The first kappa shape index (κ1) is 15.6. The molecule has 2 heterocycles.